The smallest absolute Gasteiger partial charge is 0.00954 e. The van der Waals surface area contributed by atoms with Crippen molar-refractivity contribution >= 4 is 0 Å². The van der Waals surface area contributed by atoms with Gasteiger partial charge in [-0.1, -0.05) is 20.8 Å². The van der Waals surface area contributed by atoms with E-state index in [4.69, 9.17) is 0 Å². The molecule has 2 fully saturated rings. The van der Waals surface area contributed by atoms with Crippen molar-refractivity contribution in [1.82, 2.24) is 4.90 Å². The first-order valence-corrected chi connectivity index (χ1v) is 7.89. The summed E-state index contributed by atoms with van der Waals surface area (Å²) in [4.78, 5) is 2.81. The van der Waals surface area contributed by atoms with E-state index in [9.17, 15) is 0 Å². The van der Waals surface area contributed by atoms with Gasteiger partial charge >= 0.3 is 0 Å². The first-order valence-electron chi connectivity index (χ1n) is 7.89. The molecule has 1 aliphatic carbocycles. The van der Waals surface area contributed by atoms with Crippen LogP contribution in [0.4, 0.5) is 0 Å². The molecule has 0 bridgehead atoms. The van der Waals surface area contributed by atoms with Crippen LogP contribution in [0.1, 0.15) is 65.7 Å². The number of rotatable bonds is 3. The monoisotopic (exact) mass is 237 g/mol. The van der Waals surface area contributed by atoms with Gasteiger partial charge in [0, 0.05) is 6.04 Å². The van der Waals surface area contributed by atoms with E-state index in [1.807, 2.05) is 0 Å². The Kier molecular flexibility index (Phi) is 4.90. The average Bonchev–Trinajstić information content (AvgIpc) is 2.30. The lowest BCUT2D eigenvalue weighted by atomic mass is 9.84. The van der Waals surface area contributed by atoms with Crippen molar-refractivity contribution in [3.63, 3.8) is 0 Å². The summed E-state index contributed by atoms with van der Waals surface area (Å²) in [5.41, 5.74) is 0. The standard InChI is InChI=1S/C16H31N/c1-13(2)12-15-8-10-17(11-9-15)16-6-4-14(3)5-7-16/h13-16H,4-12H2,1-3H3. The summed E-state index contributed by atoms with van der Waals surface area (Å²) in [6.45, 7) is 9.93. The molecule has 0 aromatic rings. The highest BCUT2D eigenvalue weighted by Gasteiger charge is 2.27. The van der Waals surface area contributed by atoms with Crippen LogP contribution in [0.15, 0.2) is 0 Å². The van der Waals surface area contributed by atoms with Gasteiger partial charge in [-0.25, -0.2) is 0 Å². The highest BCUT2D eigenvalue weighted by Crippen LogP contribution is 2.31. The first kappa shape index (κ1) is 13.4. The van der Waals surface area contributed by atoms with E-state index in [1.165, 1.54) is 58.0 Å². The Labute approximate surface area is 108 Å². The molecule has 1 heterocycles. The molecule has 0 spiro atoms. The molecule has 1 nitrogen and oxygen atoms in total. The van der Waals surface area contributed by atoms with E-state index < -0.39 is 0 Å². The van der Waals surface area contributed by atoms with E-state index in [2.05, 4.69) is 25.7 Å². The molecule has 0 radical (unpaired) electrons. The minimum absolute atomic E-state index is 0.891. The van der Waals surface area contributed by atoms with Gasteiger partial charge in [-0.15, -0.1) is 0 Å². The van der Waals surface area contributed by atoms with Crippen LogP contribution in [0.25, 0.3) is 0 Å². The topological polar surface area (TPSA) is 3.24 Å². The lowest BCUT2D eigenvalue weighted by Gasteiger charge is -2.40. The zero-order valence-electron chi connectivity index (χ0n) is 12.1. The summed E-state index contributed by atoms with van der Waals surface area (Å²) in [5.74, 6) is 2.90. The third-order valence-electron chi connectivity index (χ3n) is 4.96. The second-order valence-corrected chi connectivity index (χ2v) is 7.02. The molecule has 1 aliphatic heterocycles. The largest absolute Gasteiger partial charge is 0.300 e. The molecule has 0 aromatic heterocycles. The molecule has 0 amide bonds. The number of hydrogen-bond donors (Lipinski definition) is 0. The molecule has 0 atom stereocenters. The predicted molar refractivity (Wildman–Crippen MR) is 75.2 cm³/mol. The van der Waals surface area contributed by atoms with Gasteiger partial charge in [-0.3, -0.25) is 0 Å². The minimum atomic E-state index is 0.891. The predicted octanol–water partition coefficient (Wildman–Crippen LogP) is 4.32. The van der Waals surface area contributed by atoms with Crippen molar-refractivity contribution in [3.8, 4) is 0 Å². The van der Waals surface area contributed by atoms with Crippen molar-refractivity contribution in [2.75, 3.05) is 13.1 Å². The summed E-state index contributed by atoms with van der Waals surface area (Å²) >= 11 is 0. The maximum absolute atomic E-state index is 2.81. The highest BCUT2D eigenvalue weighted by molar-refractivity contribution is 4.82. The summed E-state index contributed by atoms with van der Waals surface area (Å²) in [5, 5.41) is 0. The normalized spacial score (nSPS) is 33.2. The number of piperidine rings is 1. The van der Waals surface area contributed by atoms with Gasteiger partial charge in [0.15, 0.2) is 0 Å². The van der Waals surface area contributed by atoms with Crippen LogP contribution in [0.5, 0.6) is 0 Å². The van der Waals surface area contributed by atoms with Crippen LogP contribution < -0.4 is 0 Å². The van der Waals surface area contributed by atoms with Gasteiger partial charge < -0.3 is 4.90 Å². The number of likely N-dealkylation sites (tertiary alicyclic amines) is 1. The highest BCUT2D eigenvalue weighted by atomic mass is 15.2. The number of hydrogen-bond acceptors (Lipinski definition) is 1. The SMILES string of the molecule is CC(C)CC1CCN(C2CCC(C)CC2)CC1. The van der Waals surface area contributed by atoms with Gasteiger partial charge in [-0.2, -0.15) is 0 Å². The van der Waals surface area contributed by atoms with E-state index in [0.717, 1.165) is 23.8 Å². The van der Waals surface area contributed by atoms with Gasteiger partial charge in [0.05, 0.1) is 0 Å². The molecule has 2 rings (SSSR count). The van der Waals surface area contributed by atoms with Gasteiger partial charge in [-0.05, 0) is 75.8 Å². The van der Waals surface area contributed by atoms with Crippen LogP contribution in [0.2, 0.25) is 0 Å². The first-order chi connectivity index (χ1) is 8.15. The van der Waals surface area contributed by atoms with Crippen molar-refractivity contribution in [2.45, 2.75) is 71.8 Å². The minimum Gasteiger partial charge on any atom is -0.300 e. The fourth-order valence-corrected chi connectivity index (χ4v) is 3.83. The Balaban J connectivity index is 1.71. The second-order valence-electron chi connectivity index (χ2n) is 7.02. The number of nitrogens with zero attached hydrogens (tertiary/aromatic N) is 1. The Morgan fingerprint density at radius 2 is 1.53 bits per heavy atom. The molecule has 2 aliphatic rings. The van der Waals surface area contributed by atoms with E-state index in [-0.39, 0.29) is 0 Å². The Morgan fingerprint density at radius 1 is 0.941 bits per heavy atom. The molecular formula is C16H31N. The third-order valence-corrected chi connectivity index (χ3v) is 4.96. The lowest BCUT2D eigenvalue weighted by molar-refractivity contribution is 0.0914. The zero-order chi connectivity index (χ0) is 12.3. The van der Waals surface area contributed by atoms with Crippen LogP contribution >= 0.6 is 0 Å². The molecule has 1 saturated carbocycles. The van der Waals surface area contributed by atoms with Gasteiger partial charge in [0.1, 0.15) is 0 Å². The van der Waals surface area contributed by atoms with Crippen LogP contribution in [0, 0.1) is 17.8 Å². The van der Waals surface area contributed by atoms with E-state index in [1.54, 1.807) is 0 Å². The fraction of sp³-hybridized carbons (Fsp3) is 1.00. The van der Waals surface area contributed by atoms with Crippen LogP contribution in [-0.2, 0) is 0 Å². The fourth-order valence-electron chi connectivity index (χ4n) is 3.83. The van der Waals surface area contributed by atoms with E-state index in [0.29, 0.717) is 0 Å². The maximum atomic E-state index is 2.81. The Bertz CT molecular complexity index is 208. The molecule has 100 valence electrons. The molecule has 0 N–H and O–H groups in total. The van der Waals surface area contributed by atoms with Crippen molar-refractivity contribution < 1.29 is 0 Å². The quantitative estimate of drug-likeness (QED) is 0.706. The second kappa shape index (κ2) is 6.22. The van der Waals surface area contributed by atoms with E-state index >= 15 is 0 Å². The molecule has 1 heteroatoms. The van der Waals surface area contributed by atoms with Crippen molar-refractivity contribution in [1.29, 1.82) is 0 Å². The molecule has 1 saturated heterocycles. The summed E-state index contributed by atoms with van der Waals surface area (Å²) in [7, 11) is 0. The lowest BCUT2D eigenvalue weighted by Crippen LogP contribution is -2.43. The maximum Gasteiger partial charge on any atom is 0.00954 e. The zero-order valence-corrected chi connectivity index (χ0v) is 12.1. The van der Waals surface area contributed by atoms with Crippen LogP contribution in [-0.4, -0.2) is 24.0 Å². The summed E-state index contributed by atoms with van der Waals surface area (Å²) in [6, 6.07) is 0.936. The van der Waals surface area contributed by atoms with Crippen LogP contribution in [0.3, 0.4) is 0 Å². The molecule has 0 unspecified atom stereocenters. The Morgan fingerprint density at radius 3 is 2.06 bits per heavy atom. The van der Waals surface area contributed by atoms with Gasteiger partial charge in [0.25, 0.3) is 0 Å². The van der Waals surface area contributed by atoms with Crippen molar-refractivity contribution in [2.24, 2.45) is 17.8 Å². The average molecular weight is 237 g/mol. The molecule has 17 heavy (non-hydrogen) atoms. The molecular weight excluding hydrogens is 206 g/mol. The third kappa shape index (κ3) is 3.98. The van der Waals surface area contributed by atoms with Crippen molar-refractivity contribution in [3.05, 3.63) is 0 Å². The summed E-state index contributed by atoms with van der Waals surface area (Å²) in [6.07, 6.45) is 10.3. The molecule has 0 aromatic carbocycles. The Hall–Kier alpha value is -0.0400. The summed E-state index contributed by atoms with van der Waals surface area (Å²) < 4.78 is 0. The van der Waals surface area contributed by atoms with Gasteiger partial charge in [0.2, 0.25) is 0 Å².